The van der Waals surface area contributed by atoms with Crippen molar-refractivity contribution >= 4 is 5.78 Å². The normalized spacial score (nSPS) is 16.1. The SMILES string of the molecule is CC(C)=CCc1cc(C2COc3cc(OC(C)(C)C)ccc3C2=O)ccc1OC(C)(C)C. The predicted molar refractivity (Wildman–Crippen MR) is 129 cm³/mol. The summed E-state index contributed by atoms with van der Waals surface area (Å²) in [7, 11) is 0. The number of ether oxygens (including phenoxy) is 3. The van der Waals surface area contributed by atoms with Crippen molar-refractivity contribution in [3.8, 4) is 17.2 Å². The number of benzene rings is 2. The molecule has 172 valence electrons. The van der Waals surface area contributed by atoms with Gasteiger partial charge in [-0.05, 0) is 91.1 Å². The lowest BCUT2D eigenvalue weighted by atomic mass is 9.87. The highest BCUT2D eigenvalue weighted by atomic mass is 16.5. The monoisotopic (exact) mass is 436 g/mol. The number of rotatable bonds is 5. The molecule has 0 amide bonds. The van der Waals surface area contributed by atoms with Gasteiger partial charge in [0.15, 0.2) is 5.78 Å². The third kappa shape index (κ3) is 6.15. The van der Waals surface area contributed by atoms with Crippen LogP contribution in [0.15, 0.2) is 48.0 Å². The van der Waals surface area contributed by atoms with E-state index in [1.807, 2.05) is 71.9 Å². The summed E-state index contributed by atoms with van der Waals surface area (Å²) in [5.41, 5.74) is 3.27. The van der Waals surface area contributed by atoms with E-state index >= 15 is 0 Å². The van der Waals surface area contributed by atoms with Crippen LogP contribution in [0.5, 0.6) is 17.2 Å². The lowest BCUT2D eigenvalue weighted by Crippen LogP contribution is -2.27. The van der Waals surface area contributed by atoms with Crippen molar-refractivity contribution in [1.82, 2.24) is 0 Å². The van der Waals surface area contributed by atoms with Crippen molar-refractivity contribution < 1.29 is 19.0 Å². The first-order chi connectivity index (χ1) is 14.8. The minimum Gasteiger partial charge on any atom is -0.492 e. The van der Waals surface area contributed by atoms with Crippen LogP contribution in [0.2, 0.25) is 0 Å². The van der Waals surface area contributed by atoms with Crippen molar-refractivity contribution in [2.24, 2.45) is 0 Å². The molecule has 0 saturated carbocycles. The van der Waals surface area contributed by atoms with Gasteiger partial charge in [-0.25, -0.2) is 0 Å². The standard InChI is InChI=1S/C28H36O4/c1-18(2)9-10-20-15-19(11-14-24(20)32-28(6,7)8)23-17-30-25-16-21(31-27(3,4)5)12-13-22(25)26(23)29/h9,11-16,23H,10,17H2,1-8H3. The zero-order valence-electron chi connectivity index (χ0n) is 20.7. The minimum atomic E-state index is -0.342. The molecule has 0 N–H and O–H groups in total. The van der Waals surface area contributed by atoms with E-state index in [1.165, 1.54) is 5.57 Å². The molecule has 1 aliphatic heterocycles. The zero-order valence-corrected chi connectivity index (χ0v) is 20.7. The summed E-state index contributed by atoms with van der Waals surface area (Å²) in [6.45, 7) is 16.6. The third-order valence-corrected chi connectivity index (χ3v) is 5.00. The summed E-state index contributed by atoms with van der Waals surface area (Å²) in [6.07, 6.45) is 2.94. The molecule has 0 fully saturated rings. The van der Waals surface area contributed by atoms with Gasteiger partial charge in [-0.15, -0.1) is 0 Å². The van der Waals surface area contributed by atoms with Gasteiger partial charge in [0, 0.05) is 6.07 Å². The number of Topliss-reactive ketones (excluding diaryl/α,β-unsaturated/α-hetero) is 1. The van der Waals surface area contributed by atoms with E-state index in [2.05, 4.69) is 26.0 Å². The summed E-state index contributed by atoms with van der Waals surface area (Å²) in [5, 5.41) is 0. The molecule has 0 radical (unpaired) electrons. The van der Waals surface area contributed by atoms with E-state index in [-0.39, 0.29) is 22.9 Å². The number of ketones is 1. The van der Waals surface area contributed by atoms with Crippen LogP contribution < -0.4 is 14.2 Å². The number of carbonyl (C=O) groups is 1. The summed E-state index contributed by atoms with van der Waals surface area (Å²) in [6, 6.07) is 11.5. The van der Waals surface area contributed by atoms with Crippen LogP contribution in [0.25, 0.3) is 0 Å². The summed E-state index contributed by atoms with van der Waals surface area (Å²) in [4.78, 5) is 13.3. The maximum atomic E-state index is 13.3. The second kappa shape index (κ2) is 9.01. The molecular formula is C28H36O4. The van der Waals surface area contributed by atoms with E-state index in [0.717, 1.165) is 23.3 Å². The number of hydrogen-bond acceptors (Lipinski definition) is 4. The van der Waals surface area contributed by atoms with Gasteiger partial charge >= 0.3 is 0 Å². The lowest BCUT2D eigenvalue weighted by Gasteiger charge is -2.28. The molecule has 0 aromatic heterocycles. The van der Waals surface area contributed by atoms with Crippen molar-refractivity contribution in [2.75, 3.05) is 6.61 Å². The maximum absolute atomic E-state index is 13.3. The first-order valence-electron chi connectivity index (χ1n) is 11.3. The summed E-state index contributed by atoms with van der Waals surface area (Å²) >= 11 is 0. The Hall–Kier alpha value is -2.75. The van der Waals surface area contributed by atoms with Crippen molar-refractivity contribution in [3.05, 3.63) is 64.7 Å². The topological polar surface area (TPSA) is 44.8 Å². The van der Waals surface area contributed by atoms with Crippen LogP contribution >= 0.6 is 0 Å². The molecule has 1 aliphatic rings. The molecule has 0 aliphatic carbocycles. The fraction of sp³-hybridized carbons (Fsp3) is 0.464. The first-order valence-corrected chi connectivity index (χ1v) is 11.3. The molecule has 4 heteroatoms. The Bertz CT molecular complexity index is 1010. The molecule has 1 unspecified atom stereocenters. The summed E-state index contributed by atoms with van der Waals surface area (Å²) < 4.78 is 18.1. The van der Waals surface area contributed by atoms with Crippen LogP contribution in [0.1, 0.15) is 82.8 Å². The van der Waals surface area contributed by atoms with Gasteiger partial charge in [-0.3, -0.25) is 4.79 Å². The van der Waals surface area contributed by atoms with Crippen LogP contribution in [0.4, 0.5) is 0 Å². The molecule has 2 aromatic carbocycles. The number of allylic oxidation sites excluding steroid dienone is 2. The average Bonchev–Trinajstić information content (AvgIpc) is 2.65. The van der Waals surface area contributed by atoms with Gasteiger partial charge in [-0.1, -0.05) is 23.8 Å². The Kier molecular flexibility index (Phi) is 6.73. The molecule has 1 atom stereocenters. The van der Waals surface area contributed by atoms with Gasteiger partial charge < -0.3 is 14.2 Å². The van der Waals surface area contributed by atoms with Crippen molar-refractivity contribution in [1.29, 1.82) is 0 Å². The van der Waals surface area contributed by atoms with E-state index < -0.39 is 0 Å². The number of carbonyl (C=O) groups excluding carboxylic acids is 1. The van der Waals surface area contributed by atoms with E-state index in [0.29, 0.717) is 23.7 Å². The molecule has 0 saturated heterocycles. The van der Waals surface area contributed by atoms with Gasteiger partial charge in [0.2, 0.25) is 0 Å². The Labute approximate surface area is 192 Å². The average molecular weight is 437 g/mol. The molecule has 32 heavy (non-hydrogen) atoms. The molecule has 0 bridgehead atoms. The smallest absolute Gasteiger partial charge is 0.177 e. The van der Waals surface area contributed by atoms with E-state index in [4.69, 9.17) is 14.2 Å². The molecule has 3 rings (SSSR count). The molecular weight excluding hydrogens is 400 g/mol. The zero-order chi connectivity index (χ0) is 23.7. The lowest BCUT2D eigenvalue weighted by molar-refractivity contribution is 0.0894. The van der Waals surface area contributed by atoms with Crippen molar-refractivity contribution in [3.63, 3.8) is 0 Å². The Morgan fingerprint density at radius 1 is 1.00 bits per heavy atom. The largest absolute Gasteiger partial charge is 0.492 e. The second-order valence-corrected chi connectivity index (χ2v) is 10.7. The van der Waals surface area contributed by atoms with E-state index in [1.54, 1.807) is 0 Å². The fourth-order valence-electron chi connectivity index (χ4n) is 3.65. The Morgan fingerprint density at radius 2 is 1.69 bits per heavy atom. The van der Waals surface area contributed by atoms with Gasteiger partial charge in [0.1, 0.15) is 35.1 Å². The minimum absolute atomic E-state index is 0.0752. The highest BCUT2D eigenvalue weighted by molar-refractivity contribution is 6.04. The van der Waals surface area contributed by atoms with Crippen LogP contribution in [-0.2, 0) is 6.42 Å². The molecule has 4 nitrogen and oxygen atoms in total. The summed E-state index contributed by atoms with van der Waals surface area (Å²) in [5.74, 6) is 1.88. The molecule has 0 spiro atoms. The van der Waals surface area contributed by atoms with Crippen LogP contribution in [0, 0.1) is 0 Å². The number of hydrogen-bond donors (Lipinski definition) is 0. The van der Waals surface area contributed by atoms with Crippen molar-refractivity contribution in [2.45, 2.75) is 78.9 Å². The highest BCUT2D eigenvalue weighted by Gasteiger charge is 2.31. The van der Waals surface area contributed by atoms with Gasteiger partial charge in [0.05, 0.1) is 11.5 Å². The first kappa shape index (κ1) is 23.9. The Morgan fingerprint density at radius 3 is 2.31 bits per heavy atom. The fourth-order valence-corrected chi connectivity index (χ4v) is 3.65. The Balaban J connectivity index is 1.90. The van der Waals surface area contributed by atoms with Crippen LogP contribution in [0.3, 0.4) is 0 Å². The maximum Gasteiger partial charge on any atom is 0.177 e. The van der Waals surface area contributed by atoms with Gasteiger partial charge in [0.25, 0.3) is 0 Å². The predicted octanol–water partition coefficient (Wildman–Crippen LogP) is 6.91. The third-order valence-electron chi connectivity index (χ3n) is 5.00. The van der Waals surface area contributed by atoms with Gasteiger partial charge in [-0.2, -0.15) is 0 Å². The second-order valence-electron chi connectivity index (χ2n) is 10.7. The quantitative estimate of drug-likeness (QED) is 0.478. The molecule has 1 heterocycles. The van der Waals surface area contributed by atoms with E-state index in [9.17, 15) is 4.79 Å². The highest BCUT2D eigenvalue weighted by Crippen LogP contribution is 2.37. The number of fused-ring (bicyclic) bond motifs is 1. The van der Waals surface area contributed by atoms with Crippen LogP contribution in [-0.4, -0.2) is 23.6 Å². The molecule has 2 aromatic rings.